The van der Waals surface area contributed by atoms with Crippen LogP contribution in [0.2, 0.25) is 0 Å². The van der Waals surface area contributed by atoms with Gasteiger partial charge in [-0.05, 0) is 26.0 Å². The van der Waals surface area contributed by atoms with Crippen LogP contribution in [0.3, 0.4) is 0 Å². The Hall–Kier alpha value is -2.67. The molecule has 1 aliphatic rings. The topological polar surface area (TPSA) is 61.6 Å². The number of imidazole rings is 1. The molecule has 0 radical (unpaired) electrons. The highest BCUT2D eigenvalue weighted by Crippen LogP contribution is 2.17. The number of nitrogens with one attached hydrogen (secondary N) is 1. The van der Waals surface area contributed by atoms with E-state index in [-0.39, 0.29) is 0 Å². The van der Waals surface area contributed by atoms with Crippen molar-refractivity contribution in [3.8, 4) is 0 Å². The molecule has 1 saturated heterocycles. The molecule has 0 spiro atoms. The van der Waals surface area contributed by atoms with Crippen molar-refractivity contribution in [2.45, 2.75) is 20.4 Å². The van der Waals surface area contributed by atoms with Gasteiger partial charge in [-0.25, -0.2) is 9.97 Å². The Labute approximate surface area is 153 Å². The molecule has 26 heavy (non-hydrogen) atoms. The Morgan fingerprint density at radius 2 is 1.92 bits per heavy atom. The van der Waals surface area contributed by atoms with Crippen molar-refractivity contribution < 1.29 is 0 Å². The van der Waals surface area contributed by atoms with Crippen LogP contribution in [0.25, 0.3) is 5.65 Å². The van der Waals surface area contributed by atoms with Crippen LogP contribution in [0, 0.1) is 6.92 Å². The van der Waals surface area contributed by atoms with Crippen molar-refractivity contribution in [1.82, 2.24) is 24.3 Å². The first-order valence-electron chi connectivity index (χ1n) is 9.21. The van der Waals surface area contributed by atoms with E-state index in [9.17, 15) is 0 Å². The smallest absolute Gasteiger partial charge is 0.227 e. The monoisotopic (exact) mass is 351 g/mol. The summed E-state index contributed by atoms with van der Waals surface area (Å²) < 4.78 is 2.08. The summed E-state index contributed by atoms with van der Waals surface area (Å²) >= 11 is 0. The van der Waals surface area contributed by atoms with Gasteiger partial charge in [0.25, 0.3) is 0 Å². The Bertz CT molecular complexity index is 847. The zero-order valence-corrected chi connectivity index (χ0v) is 15.4. The maximum Gasteiger partial charge on any atom is 0.227 e. The summed E-state index contributed by atoms with van der Waals surface area (Å²) in [6.07, 6.45) is 4.16. The molecule has 1 aliphatic heterocycles. The highest BCUT2D eigenvalue weighted by molar-refractivity contribution is 5.44. The third kappa shape index (κ3) is 3.62. The van der Waals surface area contributed by atoms with Gasteiger partial charge in [-0.2, -0.15) is 4.98 Å². The molecule has 136 valence electrons. The molecule has 1 fully saturated rings. The van der Waals surface area contributed by atoms with Crippen LogP contribution in [-0.4, -0.2) is 57.0 Å². The SMILES string of the molecule is CCNc1cc(C)nc(N2CCN(Cc3cn4ccccc4n3)CC2)n1. The Morgan fingerprint density at radius 1 is 1.08 bits per heavy atom. The van der Waals surface area contributed by atoms with E-state index < -0.39 is 0 Å². The van der Waals surface area contributed by atoms with E-state index in [2.05, 4.69) is 42.6 Å². The van der Waals surface area contributed by atoms with Gasteiger partial charge in [0.1, 0.15) is 11.5 Å². The van der Waals surface area contributed by atoms with Gasteiger partial charge in [-0.15, -0.1) is 0 Å². The molecule has 7 nitrogen and oxygen atoms in total. The number of hydrogen-bond acceptors (Lipinski definition) is 6. The van der Waals surface area contributed by atoms with Gasteiger partial charge in [-0.3, -0.25) is 4.90 Å². The van der Waals surface area contributed by atoms with Gasteiger partial charge in [-0.1, -0.05) is 6.07 Å². The summed E-state index contributed by atoms with van der Waals surface area (Å²) in [5.41, 5.74) is 3.12. The molecular weight excluding hydrogens is 326 g/mol. The molecule has 1 N–H and O–H groups in total. The van der Waals surface area contributed by atoms with Gasteiger partial charge < -0.3 is 14.6 Å². The molecule has 3 aromatic rings. The third-order valence-electron chi connectivity index (χ3n) is 4.65. The maximum atomic E-state index is 4.70. The molecular formula is C19H25N7. The molecule has 0 amide bonds. The average Bonchev–Trinajstić information content (AvgIpc) is 3.04. The lowest BCUT2D eigenvalue weighted by Crippen LogP contribution is -2.46. The van der Waals surface area contributed by atoms with E-state index in [0.29, 0.717) is 0 Å². The summed E-state index contributed by atoms with van der Waals surface area (Å²) in [5, 5.41) is 3.28. The van der Waals surface area contributed by atoms with Crippen LogP contribution >= 0.6 is 0 Å². The number of hydrogen-bond donors (Lipinski definition) is 1. The molecule has 3 aromatic heterocycles. The lowest BCUT2D eigenvalue weighted by Gasteiger charge is -2.34. The quantitative estimate of drug-likeness (QED) is 0.760. The fraction of sp³-hybridized carbons (Fsp3) is 0.421. The highest BCUT2D eigenvalue weighted by Gasteiger charge is 2.20. The molecule has 0 unspecified atom stereocenters. The molecule has 7 heteroatoms. The zero-order chi connectivity index (χ0) is 17.9. The van der Waals surface area contributed by atoms with Crippen molar-refractivity contribution in [3.05, 3.63) is 48.0 Å². The van der Waals surface area contributed by atoms with E-state index in [1.54, 1.807) is 0 Å². The molecule has 0 aliphatic carbocycles. The lowest BCUT2D eigenvalue weighted by molar-refractivity contribution is 0.246. The highest BCUT2D eigenvalue weighted by atomic mass is 15.3. The minimum atomic E-state index is 0.827. The molecule has 0 saturated carbocycles. The van der Waals surface area contributed by atoms with E-state index in [4.69, 9.17) is 4.98 Å². The first-order valence-corrected chi connectivity index (χ1v) is 9.21. The van der Waals surface area contributed by atoms with Crippen LogP contribution in [0.1, 0.15) is 18.3 Å². The van der Waals surface area contributed by atoms with E-state index >= 15 is 0 Å². The second-order valence-corrected chi connectivity index (χ2v) is 6.69. The van der Waals surface area contributed by atoms with Crippen molar-refractivity contribution in [2.24, 2.45) is 0 Å². The number of nitrogens with zero attached hydrogens (tertiary/aromatic N) is 6. The number of pyridine rings is 1. The van der Waals surface area contributed by atoms with Gasteiger partial charge in [0.2, 0.25) is 5.95 Å². The number of rotatable bonds is 5. The summed E-state index contributed by atoms with van der Waals surface area (Å²) in [6.45, 7) is 9.69. The molecule has 0 bridgehead atoms. The van der Waals surface area contributed by atoms with Crippen molar-refractivity contribution in [2.75, 3.05) is 42.9 Å². The Morgan fingerprint density at radius 3 is 2.69 bits per heavy atom. The van der Waals surface area contributed by atoms with E-state index in [1.807, 2.05) is 37.4 Å². The summed E-state index contributed by atoms with van der Waals surface area (Å²) in [6, 6.07) is 8.08. The first-order chi connectivity index (χ1) is 12.7. The van der Waals surface area contributed by atoms with E-state index in [0.717, 1.165) is 68.1 Å². The van der Waals surface area contributed by atoms with Gasteiger partial charge >= 0.3 is 0 Å². The fourth-order valence-corrected chi connectivity index (χ4v) is 3.36. The third-order valence-corrected chi connectivity index (χ3v) is 4.65. The summed E-state index contributed by atoms with van der Waals surface area (Å²) in [4.78, 5) is 18.7. The van der Waals surface area contributed by atoms with Crippen LogP contribution in [0.5, 0.6) is 0 Å². The Balaban J connectivity index is 1.39. The first kappa shape index (κ1) is 16.8. The molecule has 4 heterocycles. The second-order valence-electron chi connectivity index (χ2n) is 6.69. The Kier molecular flexibility index (Phi) is 4.71. The largest absolute Gasteiger partial charge is 0.370 e. The predicted octanol–water partition coefficient (Wildman–Crippen LogP) is 2.19. The standard InChI is InChI=1S/C19H25N7/c1-3-20-17-12-15(2)21-19(23-17)25-10-8-24(9-11-25)13-16-14-26-7-5-4-6-18(26)22-16/h4-7,12,14H,3,8-11,13H2,1-2H3,(H,20,21,23). The summed E-state index contributed by atoms with van der Waals surface area (Å²) in [7, 11) is 0. The van der Waals surface area contributed by atoms with Crippen LogP contribution in [-0.2, 0) is 6.54 Å². The van der Waals surface area contributed by atoms with Crippen LogP contribution < -0.4 is 10.2 Å². The van der Waals surface area contributed by atoms with Crippen LogP contribution in [0.4, 0.5) is 11.8 Å². The summed E-state index contributed by atoms with van der Waals surface area (Å²) in [5.74, 6) is 1.73. The van der Waals surface area contributed by atoms with E-state index in [1.165, 1.54) is 0 Å². The predicted molar refractivity (Wildman–Crippen MR) is 104 cm³/mol. The van der Waals surface area contributed by atoms with Gasteiger partial charge in [0.15, 0.2) is 0 Å². The number of aryl methyl sites for hydroxylation is 1. The fourth-order valence-electron chi connectivity index (χ4n) is 3.36. The van der Waals surface area contributed by atoms with Crippen molar-refractivity contribution in [3.63, 3.8) is 0 Å². The van der Waals surface area contributed by atoms with Crippen molar-refractivity contribution >= 4 is 17.4 Å². The van der Waals surface area contributed by atoms with Gasteiger partial charge in [0.05, 0.1) is 5.69 Å². The second kappa shape index (κ2) is 7.29. The molecule has 0 atom stereocenters. The van der Waals surface area contributed by atoms with Gasteiger partial charge in [0, 0.05) is 63.4 Å². The number of aromatic nitrogens is 4. The number of anilines is 2. The van der Waals surface area contributed by atoms with Crippen molar-refractivity contribution in [1.29, 1.82) is 0 Å². The average molecular weight is 351 g/mol. The molecule has 4 rings (SSSR count). The minimum absolute atomic E-state index is 0.827. The lowest BCUT2D eigenvalue weighted by atomic mass is 10.3. The maximum absolute atomic E-state index is 4.70. The number of fused-ring (bicyclic) bond motifs is 1. The minimum Gasteiger partial charge on any atom is -0.370 e. The zero-order valence-electron chi connectivity index (χ0n) is 15.4. The molecule has 0 aromatic carbocycles. The normalized spacial score (nSPS) is 15.5. The van der Waals surface area contributed by atoms with Crippen LogP contribution in [0.15, 0.2) is 36.7 Å². The number of piperazine rings is 1.